The quantitative estimate of drug-likeness (QED) is 0.617. The van der Waals surface area contributed by atoms with Gasteiger partial charge in [-0.1, -0.05) is 21.8 Å². The number of hydrogen-bond donors (Lipinski definition) is 1. The van der Waals surface area contributed by atoms with E-state index in [1.807, 2.05) is 0 Å². The molecule has 0 spiro atoms. The zero-order valence-electron chi connectivity index (χ0n) is 8.40. The maximum Gasteiger partial charge on any atom is 0.0410 e. The minimum absolute atomic E-state index is 0.377. The summed E-state index contributed by atoms with van der Waals surface area (Å²) in [5, 5.41) is 0.543. The highest BCUT2D eigenvalue weighted by Gasteiger charge is 2.25. The Balaban J connectivity index is 3.08. The van der Waals surface area contributed by atoms with Crippen LogP contribution >= 0.6 is 20.8 Å². The summed E-state index contributed by atoms with van der Waals surface area (Å²) in [6.07, 6.45) is 2.14. The number of thiol groups is 1. The molecule has 0 saturated heterocycles. The summed E-state index contributed by atoms with van der Waals surface area (Å²) in [6.45, 7) is 8.82. The summed E-state index contributed by atoms with van der Waals surface area (Å²) < 4.78 is 0. The molecule has 0 nitrogen and oxygen atoms in total. The number of rotatable bonds is 1. The van der Waals surface area contributed by atoms with Crippen molar-refractivity contribution in [2.75, 3.05) is 6.26 Å². The smallest absolute Gasteiger partial charge is 0.0410 e. The molecule has 2 heteroatoms. The van der Waals surface area contributed by atoms with E-state index in [2.05, 4.69) is 34.0 Å². The van der Waals surface area contributed by atoms with Crippen LogP contribution in [0.2, 0.25) is 0 Å². The van der Waals surface area contributed by atoms with E-state index in [-0.39, 0.29) is 10.1 Å². The third-order valence-corrected chi connectivity index (χ3v) is 4.99. The predicted octanol–water partition coefficient (Wildman–Crippen LogP) is 3.83. The van der Waals surface area contributed by atoms with Crippen LogP contribution < -0.4 is 0 Å². The fourth-order valence-corrected chi connectivity index (χ4v) is 4.19. The van der Waals surface area contributed by atoms with Crippen molar-refractivity contribution in [3.63, 3.8) is 0 Å². The summed E-state index contributed by atoms with van der Waals surface area (Å²) >= 11 is 0. The highest BCUT2D eigenvalue weighted by molar-refractivity contribution is 8.36. The molecule has 0 heterocycles. The average molecular weight is 205 g/mol. The van der Waals surface area contributed by atoms with Gasteiger partial charge in [-0.15, -0.1) is 0 Å². The van der Waals surface area contributed by atoms with E-state index in [1.54, 1.807) is 0 Å². The molecule has 0 radical (unpaired) electrons. The van der Waals surface area contributed by atoms with Gasteiger partial charge in [0.2, 0.25) is 0 Å². The maximum atomic E-state index is 6.20. The highest BCUT2D eigenvalue weighted by atomic mass is 35.7. The number of hydrogen-bond acceptors (Lipinski definition) is 0. The Morgan fingerprint density at radius 1 is 1.00 bits per heavy atom. The van der Waals surface area contributed by atoms with Crippen molar-refractivity contribution in [2.24, 2.45) is 0 Å². The Labute approximate surface area is 82.5 Å². The predicted molar refractivity (Wildman–Crippen MR) is 61.3 cm³/mol. The number of halogens is 1. The molecule has 0 amide bonds. The van der Waals surface area contributed by atoms with E-state index in [0.717, 1.165) is 0 Å². The van der Waals surface area contributed by atoms with Crippen molar-refractivity contribution >= 4 is 20.8 Å². The summed E-state index contributed by atoms with van der Waals surface area (Å²) in [5.41, 5.74) is 5.86. The molecule has 12 heavy (non-hydrogen) atoms. The molecule has 0 aromatic carbocycles. The van der Waals surface area contributed by atoms with Gasteiger partial charge in [-0.05, 0) is 45.1 Å². The summed E-state index contributed by atoms with van der Waals surface area (Å²) in [6, 6.07) is 0. The monoisotopic (exact) mass is 204 g/mol. The van der Waals surface area contributed by atoms with Crippen molar-refractivity contribution in [1.29, 1.82) is 0 Å². The van der Waals surface area contributed by atoms with E-state index in [0.29, 0.717) is 5.25 Å². The van der Waals surface area contributed by atoms with Gasteiger partial charge in [-0.2, -0.15) is 10.1 Å². The second-order valence-electron chi connectivity index (χ2n) is 3.54. The zero-order valence-corrected chi connectivity index (χ0v) is 10.1. The normalized spacial score (nSPS) is 24.0. The van der Waals surface area contributed by atoms with Crippen LogP contribution in [0.3, 0.4) is 0 Å². The van der Waals surface area contributed by atoms with Gasteiger partial charge in [0.15, 0.2) is 0 Å². The van der Waals surface area contributed by atoms with Crippen LogP contribution in [-0.2, 0) is 0 Å². The fraction of sp³-hybridized carbons (Fsp3) is 0.600. The lowest BCUT2D eigenvalue weighted by atomic mass is 10.1. The van der Waals surface area contributed by atoms with Gasteiger partial charge in [-0.25, -0.2) is 0 Å². The first-order chi connectivity index (χ1) is 5.46. The van der Waals surface area contributed by atoms with Crippen LogP contribution in [0.1, 0.15) is 27.7 Å². The first kappa shape index (κ1) is 10.2. The Morgan fingerprint density at radius 3 is 1.50 bits per heavy atom. The van der Waals surface area contributed by atoms with E-state index in [4.69, 9.17) is 10.7 Å². The second kappa shape index (κ2) is 3.47. The van der Waals surface area contributed by atoms with Gasteiger partial charge >= 0.3 is 0 Å². The first-order valence-corrected chi connectivity index (χ1v) is 6.96. The van der Waals surface area contributed by atoms with Gasteiger partial charge in [0, 0.05) is 5.25 Å². The molecule has 70 valence electrons. The lowest BCUT2D eigenvalue weighted by Gasteiger charge is -2.20. The summed E-state index contributed by atoms with van der Waals surface area (Å²) in [7, 11) is 5.82. The SMILES string of the molecule is CC1=C(C)C([SH](C)Cl)C(C)=C1C. The molecule has 1 unspecified atom stereocenters. The standard InChI is InChI=1S/C10H17ClS/c1-6-7(2)9(4)10(8(6)3)12(5)11/h10,12H,1-5H3. The third kappa shape index (κ3) is 1.45. The van der Waals surface area contributed by atoms with Crippen LogP contribution in [0, 0.1) is 0 Å². The molecule has 0 bridgehead atoms. The van der Waals surface area contributed by atoms with Crippen LogP contribution in [0.4, 0.5) is 0 Å². The molecule has 1 aliphatic rings. The molecule has 1 aliphatic carbocycles. The Bertz CT molecular complexity index is 237. The fourth-order valence-electron chi connectivity index (χ4n) is 1.86. The molecule has 0 N–H and O–H groups in total. The molecule has 0 aromatic heterocycles. The van der Waals surface area contributed by atoms with E-state index in [9.17, 15) is 0 Å². The lowest BCUT2D eigenvalue weighted by Crippen LogP contribution is -2.04. The third-order valence-electron chi connectivity index (χ3n) is 2.92. The Morgan fingerprint density at radius 2 is 1.33 bits per heavy atom. The Hall–Kier alpha value is 0.120. The second-order valence-corrected chi connectivity index (χ2v) is 6.71. The van der Waals surface area contributed by atoms with E-state index in [1.165, 1.54) is 22.3 Å². The van der Waals surface area contributed by atoms with Crippen molar-refractivity contribution in [2.45, 2.75) is 32.9 Å². The molecule has 1 atom stereocenters. The minimum atomic E-state index is -0.377. The van der Waals surface area contributed by atoms with Crippen LogP contribution in [0.5, 0.6) is 0 Å². The van der Waals surface area contributed by atoms with Crippen molar-refractivity contribution in [3.05, 3.63) is 22.3 Å². The van der Waals surface area contributed by atoms with Crippen LogP contribution in [-0.4, -0.2) is 11.5 Å². The van der Waals surface area contributed by atoms with Crippen molar-refractivity contribution in [1.82, 2.24) is 0 Å². The van der Waals surface area contributed by atoms with Crippen LogP contribution in [0.25, 0.3) is 0 Å². The first-order valence-electron chi connectivity index (χ1n) is 4.20. The maximum absolute atomic E-state index is 6.20. The van der Waals surface area contributed by atoms with Crippen molar-refractivity contribution in [3.8, 4) is 0 Å². The van der Waals surface area contributed by atoms with Crippen molar-refractivity contribution < 1.29 is 0 Å². The van der Waals surface area contributed by atoms with Crippen LogP contribution in [0.15, 0.2) is 22.3 Å². The van der Waals surface area contributed by atoms with Gasteiger partial charge in [0.05, 0.1) is 0 Å². The van der Waals surface area contributed by atoms with E-state index < -0.39 is 0 Å². The molecule has 0 saturated carbocycles. The Kier molecular flexibility index (Phi) is 2.95. The van der Waals surface area contributed by atoms with Gasteiger partial charge < -0.3 is 0 Å². The molecule has 0 aromatic rings. The lowest BCUT2D eigenvalue weighted by molar-refractivity contribution is 1.15. The van der Waals surface area contributed by atoms with Gasteiger partial charge in [0.25, 0.3) is 0 Å². The zero-order chi connectivity index (χ0) is 9.46. The minimum Gasteiger partial charge on any atom is -0.167 e. The van der Waals surface area contributed by atoms with Gasteiger partial charge in [0.1, 0.15) is 0 Å². The van der Waals surface area contributed by atoms with Gasteiger partial charge in [-0.3, -0.25) is 0 Å². The molecule has 1 rings (SSSR count). The summed E-state index contributed by atoms with van der Waals surface area (Å²) in [5.74, 6) is 0. The highest BCUT2D eigenvalue weighted by Crippen LogP contribution is 2.47. The summed E-state index contributed by atoms with van der Waals surface area (Å²) in [4.78, 5) is 0. The largest absolute Gasteiger partial charge is 0.167 e. The average Bonchev–Trinajstić information content (AvgIpc) is 2.16. The topological polar surface area (TPSA) is 0 Å². The molecular formula is C10H17ClS. The molecule has 0 fully saturated rings. The molecule has 0 aliphatic heterocycles. The molecular weight excluding hydrogens is 188 g/mol. The van der Waals surface area contributed by atoms with E-state index >= 15 is 0 Å². The number of allylic oxidation sites excluding steroid dienone is 2.